The minimum atomic E-state index is -1.51. The fourth-order valence-electron chi connectivity index (χ4n) is 2.38. The summed E-state index contributed by atoms with van der Waals surface area (Å²) in [6.07, 6.45) is 2.48. The van der Waals surface area contributed by atoms with Crippen molar-refractivity contribution in [1.29, 1.82) is 0 Å². The highest BCUT2D eigenvalue weighted by Gasteiger charge is 2.55. The van der Waals surface area contributed by atoms with Crippen molar-refractivity contribution in [2.24, 2.45) is 0 Å². The van der Waals surface area contributed by atoms with Crippen molar-refractivity contribution >= 4 is 5.78 Å². The summed E-state index contributed by atoms with van der Waals surface area (Å²) in [6, 6.07) is 3.36. The molecule has 0 saturated heterocycles. The van der Waals surface area contributed by atoms with Crippen LogP contribution in [0, 0.1) is 0 Å². The lowest BCUT2D eigenvalue weighted by atomic mass is 9.97. The minimum absolute atomic E-state index is 0.0576. The second-order valence-electron chi connectivity index (χ2n) is 4.42. The Morgan fingerprint density at radius 2 is 2.28 bits per heavy atom. The van der Waals surface area contributed by atoms with Crippen LogP contribution in [-0.4, -0.2) is 27.8 Å². The van der Waals surface area contributed by atoms with Gasteiger partial charge in [-0.3, -0.25) is 4.79 Å². The maximum atomic E-state index is 12.4. The molecule has 2 aliphatic heterocycles. The molecule has 0 fully saturated rings. The summed E-state index contributed by atoms with van der Waals surface area (Å²) < 4.78 is 5.53. The molecule has 5 nitrogen and oxygen atoms in total. The third-order valence-electron chi connectivity index (χ3n) is 3.43. The molecule has 0 radical (unpaired) electrons. The van der Waals surface area contributed by atoms with Crippen molar-refractivity contribution < 1.29 is 19.7 Å². The predicted molar refractivity (Wildman–Crippen MR) is 63.5 cm³/mol. The molecule has 0 aliphatic carbocycles. The molecule has 18 heavy (non-hydrogen) atoms. The summed E-state index contributed by atoms with van der Waals surface area (Å²) in [5.74, 6) is -0.203. The first-order chi connectivity index (χ1) is 8.60. The van der Waals surface area contributed by atoms with E-state index in [1.54, 1.807) is 12.1 Å². The largest absolute Gasteiger partial charge is 0.507 e. The molecule has 1 spiro atoms. The zero-order chi connectivity index (χ0) is 12.9. The van der Waals surface area contributed by atoms with Crippen LogP contribution in [0.3, 0.4) is 0 Å². The molecule has 2 heterocycles. The van der Waals surface area contributed by atoms with Gasteiger partial charge < -0.3 is 20.3 Å². The zero-order valence-corrected chi connectivity index (χ0v) is 9.80. The van der Waals surface area contributed by atoms with Crippen molar-refractivity contribution in [2.45, 2.75) is 25.2 Å². The minimum Gasteiger partial charge on any atom is -0.507 e. The molecule has 3 N–H and O–H groups in total. The van der Waals surface area contributed by atoms with E-state index in [2.05, 4.69) is 5.32 Å². The molecule has 0 amide bonds. The van der Waals surface area contributed by atoms with Gasteiger partial charge in [0, 0.05) is 0 Å². The Morgan fingerprint density at radius 1 is 1.50 bits per heavy atom. The second kappa shape index (κ2) is 3.49. The number of aromatic hydroxyl groups is 1. The van der Waals surface area contributed by atoms with Crippen molar-refractivity contribution in [3.05, 3.63) is 35.5 Å². The number of aliphatic hydroxyl groups excluding tert-OH is 1. The number of benzene rings is 1. The van der Waals surface area contributed by atoms with Crippen LogP contribution in [0.15, 0.2) is 24.4 Å². The van der Waals surface area contributed by atoms with Gasteiger partial charge in [0.05, 0.1) is 0 Å². The van der Waals surface area contributed by atoms with Gasteiger partial charge in [-0.25, -0.2) is 0 Å². The van der Waals surface area contributed by atoms with E-state index >= 15 is 0 Å². The number of ether oxygens (including phenoxy) is 1. The quantitative estimate of drug-likeness (QED) is 0.681. The topological polar surface area (TPSA) is 78.8 Å². The summed E-state index contributed by atoms with van der Waals surface area (Å²) in [4.78, 5) is 12.4. The molecule has 0 aromatic heterocycles. The van der Waals surface area contributed by atoms with Crippen LogP contribution in [0.1, 0.15) is 22.8 Å². The van der Waals surface area contributed by atoms with Crippen molar-refractivity contribution in [1.82, 2.24) is 5.32 Å². The first-order valence-electron chi connectivity index (χ1n) is 5.81. The number of nitrogens with one attached hydrogen (secondary N) is 1. The maximum absolute atomic E-state index is 12.4. The molecule has 94 valence electrons. The highest BCUT2D eigenvalue weighted by molar-refractivity contribution is 6.10. The first-order valence-corrected chi connectivity index (χ1v) is 5.81. The fourth-order valence-corrected chi connectivity index (χ4v) is 2.38. The Labute approximate surface area is 104 Å². The molecule has 0 saturated carbocycles. The number of hydrogen-bond acceptors (Lipinski definition) is 5. The van der Waals surface area contributed by atoms with E-state index in [4.69, 9.17) is 4.74 Å². The van der Waals surface area contributed by atoms with Crippen LogP contribution in [0.25, 0.3) is 0 Å². The smallest absolute Gasteiger partial charge is 0.274 e. The zero-order valence-electron chi connectivity index (χ0n) is 9.80. The number of fused-ring (bicyclic) bond motifs is 1. The van der Waals surface area contributed by atoms with Gasteiger partial charge in [-0.1, -0.05) is 13.0 Å². The van der Waals surface area contributed by atoms with E-state index < -0.39 is 17.6 Å². The number of phenolic OH excluding ortho intramolecular Hbond substituents is 1. The third-order valence-corrected chi connectivity index (χ3v) is 3.43. The fraction of sp³-hybridized carbons (Fsp3) is 0.308. The van der Waals surface area contributed by atoms with Crippen molar-refractivity contribution in [3.8, 4) is 11.5 Å². The van der Waals surface area contributed by atoms with Crippen molar-refractivity contribution in [2.75, 3.05) is 0 Å². The molecule has 2 aliphatic rings. The Balaban J connectivity index is 2.13. The van der Waals surface area contributed by atoms with Crippen LogP contribution in [0.2, 0.25) is 0 Å². The van der Waals surface area contributed by atoms with Crippen LogP contribution in [0.4, 0.5) is 0 Å². The summed E-state index contributed by atoms with van der Waals surface area (Å²) in [6.45, 7) is 1.89. The molecule has 1 aromatic carbocycles. The van der Waals surface area contributed by atoms with Gasteiger partial charge in [-0.05, 0) is 30.3 Å². The Hall–Kier alpha value is -2.01. The van der Waals surface area contributed by atoms with Gasteiger partial charge >= 0.3 is 0 Å². The molecule has 1 aromatic rings. The van der Waals surface area contributed by atoms with E-state index in [-0.39, 0.29) is 11.3 Å². The summed E-state index contributed by atoms with van der Waals surface area (Å²) in [5, 5.41) is 22.7. The van der Waals surface area contributed by atoms with E-state index in [1.165, 1.54) is 12.3 Å². The molecular weight excluding hydrogens is 234 g/mol. The van der Waals surface area contributed by atoms with Crippen LogP contribution in [-0.2, 0) is 6.42 Å². The normalized spacial score (nSPS) is 28.3. The SMILES string of the molecule is CCc1ccc2c(c1O)C(=O)C1(NC=CC1O)O2. The Kier molecular flexibility index (Phi) is 2.15. The highest BCUT2D eigenvalue weighted by Crippen LogP contribution is 2.43. The number of ketones is 1. The number of carbonyl (C=O) groups excluding carboxylic acids is 1. The van der Waals surface area contributed by atoms with Gasteiger partial charge in [0.1, 0.15) is 23.2 Å². The average Bonchev–Trinajstić information content (AvgIpc) is 2.85. The highest BCUT2D eigenvalue weighted by atomic mass is 16.5. The van der Waals surface area contributed by atoms with Gasteiger partial charge in [0.25, 0.3) is 5.72 Å². The Morgan fingerprint density at radius 3 is 2.89 bits per heavy atom. The van der Waals surface area contributed by atoms with Crippen LogP contribution in [0.5, 0.6) is 11.5 Å². The number of carbonyl (C=O) groups is 1. The number of Topliss-reactive ketones (excluding diaryl/α,β-unsaturated/α-hetero) is 1. The van der Waals surface area contributed by atoms with Crippen molar-refractivity contribution in [3.63, 3.8) is 0 Å². The first kappa shape index (κ1) is 11.1. The summed E-state index contributed by atoms with van der Waals surface area (Å²) >= 11 is 0. The lowest BCUT2D eigenvalue weighted by Crippen LogP contribution is -2.56. The summed E-state index contributed by atoms with van der Waals surface area (Å²) in [5.41, 5.74) is -0.681. The molecule has 3 rings (SSSR count). The van der Waals surface area contributed by atoms with E-state index in [9.17, 15) is 15.0 Å². The molecule has 0 bridgehead atoms. The number of rotatable bonds is 1. The number of phenols is 1. The van der Waals surface area contributed by atoms with Crippen LogP contribution >= 0.6 is 0 Å². The van der Waals surface area contributed by atoms with E-state index in [1.807, 2.05) is 6.92 Å². The number of aliphatic hydroxyl groups is 1. The standard InChI is InChI=1S/C13H13NO4/c1-2-7-3-4-8-10(11(7)16)12(17)13(18-8)9(15)5-6-14-13/h3-6,9,14-16H,2H2,1H3. The maximum Gasteiger partial charge on any atom is 0.274 e. The Bertz CT molecular complexity index is 566. The molecule has 2 atom stereocenters. The number of aryl methyl sites for hydroxylation is 1. The monoisotopic (exact) mass is 247 g/mol. The van der Waals surface area contributed by atoms with Gasteiger partial charge in [0.15, 0.2) is 0 Å². The molecule has 2 unspecified atom stereocenters. The third kappa shape index (κ3) is 1.17. The van der Waals surface area contributed by atoms with Gasteiger partial charge in [0.2, 0.25) is 5.78 Å². The molecule has 5 heteroatoms. The van der Waals surface area contributed by atoms with Crippen LogP contribution < -0.4 is 10.1 Å². The molecular formula is C13H13NO4. The lowest BCUT2D eigenvalue weighted by molar-refractivity contribution is -0.00672. The average molecular weight is 247 g/mol. The van der Waals surface area contributed by atoms with E-state index in [0.717, 1.165) is 0 Å². The lowest BCUT2D eigenvalue weighted by Gasteiger charge is -2.25. The van der Waals surface area contributed by atoms with Gasteiger partial charge in [-0.15, -0.1) is 0 Å². The van der Waals surface area contributed by atoms with Gasteiger partial charge in [-0.2, -0.15) is 0 Å². The predicted octanol–water partition coefficient (Wildman–Crippen LogP) is 0.704. The number of hydrogen-bond donors (Lipinski definition) is 3. The van der Waals surface area contributed by atoms with E-state index in [0.29, 0.717) is 17.7 Å². The summed E-state index contributed by atoms with van der Waals surface area (Å²) in [7, 11) is 0. The second-order valence-corrected chi connectivity index (χ2v) is 4.42.